The molecule has 1 aromatic carbocycles. The van der Waals surface area contributed by atoms with Crippen LogP contribution in [-0.4, -0.2) is 91.2 Å². The largest absolute Gasteiger partial charge is 0.495 e. The molecular weight excluding hydrogens is 490 g/mol. The molecule has 3 amide bonds. The Kier molecular flexibility index (Phi) is 7.69. The summed E-state index contributed by atoms with van der Waals surface area (Å²) in [5.74, 6) is 1.82. The van der Waals surface area contributed by atoms with Crippen LogP contribution in [0.5, 0.6) is 5.75 Å². The lowest BCUT2D eigenvalue weighted by atomic mass is 10.2. The van der Waals surface area contributed by atoms with Crippen molar-refractivity contribution in [2.24, 2.45) is 0 Å². The van der Waals surface area contributed by atoms with E-state index in [0.29, 0.717) is 37.0 Å². The number of hydrogen-bond donors (Lipinski definition) is 1. The number of hydrogen-bond acceptors (Lipinski definition) is 8. The van der Waals surface area contributed by atoms with Gasteiger partial charge in [-0.2, -0.15) is 0 Å². The number of amides is 3. The second kappa shape index (κ2) is 11.5. The summed E-state index contributed by atoms with van der Waals surface area (Å²) >= 11 is 1.35. The van der Waals surface area contributed by atoms with E-state index in [1.165, 1.54) is 11.3 Å². The average molecular weight is 522 g/mol. The fraction of sp³-hybridized carbons (Fsp3) is 0.385. The summed E-state index contributed by atoms with van der Waals surface area (Å²) in [5.41, 5.74) is 1.73. The minimum absolute atomic E-state index is 0.0495. The molecule has 0 spiro atoms. The summed E-state index contributed by atoms with van der Waals surface area (Å²) in [5, 5.41) is 5.25. The van der Waals surface area contributed by atoms with Gasteiger partial charge in [-0.3, -0.25) is 10.1 Å². The second-order valence-electron chi connectivity index (χ2n) is 8.95. The normalized spacial score (nSPS) is 16.0. The molecule has 3 aromatic rings. The Balaban J connectivity index is 1.08. The van der Waals surface area contributed by atoms with Crippen LogP contribution in [0.4, 0.5) is 21.4 Å². The molecule has 0 bridgehead atoms. The van der Waals surface area contributed by atoms with Gasteiger partial charge in [0.15, 0.2) is 5.13 Å². The second-order valence-corrected chi connectivity index (χ2v) is 9.81. The molecule has 37 heavy (non-hydrogen) atoms. The van der Waals surface area contributed by atoms with Gasteiger partial charge >= 0.3 is 6.03 Å². The van der Waals surface area contributed by atoms with Gasteiger partial charge in [0.25, 0.3) is 0 Å². The first-order valence-corrected chi connectivity index (χ1v) is 13.3. The first-order chi connectivity index (χ1) is 18.1. The average Bonchev–Trinajstić information content (AvgIpc) is 3.40. The Bertz CT molecular complexity index is 1210. The molecule has 10 nitrogen and oxygen atoms in total. The summed E-state index contributed by atoms with van der Waals surface area (Å²) < 4.78 is 5.48. The monoisotopic (exact) mass is 521 g/mol. The van der Waals surface area contributed by atoms with E-state index in [-0.39, 0.29) is 18.4 Å². The predicted octanol–water partition coefficient (Wildman–Crippen LogP) is 2.79. The molecule has 5 rings (SSSR count). The van der Waals surface area contributed by atoms with Crippen LogP contribution in [0.25, 0.3) is 0 Å². The molecule has 2 aliphatic heterocycles. The summed E-state index contributed by atoms with van der Waals surface area (Å²) in [4.78, 5) is 42.6. The Labute approximate surface area is 220 Å². The van der Waals surface area contributed by atoms with E-state index in [0.717, 1.165) is 43.4 Å². The van der Waals surface area contributed by atoms with Gasteiger partial charge in [-0.1, -0.05) is 18.2 Å². The Morgan fingerprint density at radius 3 is 2.35 bits per heavy atom. The van der Waals surface area contributed by atoms with Crippen LogP contribution in [0, 0.1) is 0 Å². The minimum Gasteiger partial charge on any atom is -0.495 e. The predicted molar refractivity (Wildman–Crippen MR) is 145 cm³/mol. The molecule has 0 unspecified atom stereocenters. The van der Waals surface area contributed by atoms with Crippen LogP contribution in [-0.2, 0) is 11.2 Å². The minimum atomic E-state index is -0.166. The number of rotatable bonds is 6. The number of anilines is 3. The highest BCUT2D eigenvalue weighted by atomic mass is 32.1. The molecule has 11 heteroatoms. The standard InChI is InChI=1S/C26H31N7O3S/c1-36-22-7-3-2-6-21(22)30-10-14-32(15-11-30)24(34)18-20-19-37-25(28-20)29-26(35)33-16-12-31(13-17-33)23-8-4-5-9-27-23/h2-9,19H,10-18H2,1H3,(H,28,29,35). The first kappa shape index (κ1) is 24.8. The highest BCUT2D eigenvalue weighted by Gasteiger charge is 2.25. The summed E-state index contributed by atoms with van der Waals surface area (Å²) in [6.07, 6.45) is 2.01. The van der Waals surface area contributed by atoms with Crippen molar-refractivity contribution in [3.63, 3.8) is 0 Å². The van der Waals surface area contributed by atoms with Crippen molar-refractivity contribution in [2.75, 3.05) is 74.6 Å². The fourth-order valence-electron chi connectivity index (χ4n) is 4.65. The van der Waals surface area contributed by atoms with Crippen molar-refractivity contribution in [1.29, 1.82) is 0 Å². The third-order valence-corrected chi connectivity index (χ3v) is 7.50. The van der Waals surface area contributed by atoms with E-state index in [4.69, 9.17) is 4.74 Å². The van der Waals surface area contributed by atoms with Gasteiger partial charge in [-0.15, -0.1) is 11.3 Å². The molecule has 2 saturated heterocycles. The maximum absolute atomic E-state index is 12.9. The molecule has 1 N–H and O–H groups in total. The van der Waals surface area contributed by atoms with Crippen molar-refractivity contribution >= 4 is 39.9 Å². The van der Waals surface area contributed by atoms with Gasteiger partial charge in [0, 0.05) is 63.9 Å². The van der Waals surface area contributed by atoms with E-state index >= 15 is 0 Å². The van der Waals surface area contributed by atoms with Crippen LogP contribution < -0.4 is 19.9 Å². The molecule has 0 saturated carbocycles. The number of carbonyl (C=O) groups excluding carboxylic acids is 2. The van der Waals surface area contributed by atoms with Crippen LogP contribution in [0.15, 0.2) is 54.0 Å². The number of pyridine rings is 1. The van der Waals surface area contributed by atoms with Crippen LogP contribution >= 0.6 is 11.3 Å². The summed E-state index contributed by atoms with van der Waals surface area (Å²) in [6.45, 7) is 5.47. The third-order valence-electron chi connectivity index (χ3n) is 6.70. The molecule has 2 aromatic heterocycles. The van der Waals surface area contributed by atoms with E-state index in [1.807, 2.05) is 52.7 Å². The van der Waals surface area contributed by atoms with Gasteiger partial charge in [0.1, 0.15) is 11.6 Å². The van der Waals surface area contributed by atoms with Gasteiger partial charge in [0.05, 0.1) is 24.9 Å². The van der Waals surface area contributed by atoms with Crippen molar-refractivity contribution in [1.82, 2.24) is 19.8 Å². The number of ether oxygens (including phenoxy) is 1. The Morgan fingerprint density at radius 2 is 1.62 bits per heavy atom. The van der Waals surface area contributed by atoms with Crippen molar-refractivity contribution in [3.8, 4) is 5.75 Å². The van der Waals surface area contributed by atoms with E-state index in [1.54, 1.807) is 18.2 Å². The van der Waals surface area contributed by atoms with E-state index < -0.39 is 0 Å². The number of thiazole rings is 1. The fourth-order valence-corrected chi connectivity index (χ4v) is 5.35. The highest BCUT2D eigenvalue weighted by Crippen LogP contribution is 2.28. The van der Waals surface area contributed by atoms with Crippen LogP contribution in [0.2, 0.25) is 0 Å². The molecule has 0 aliphatic carbocycles. The highest BCUT2D eigenvalue weighted by molar-refractivity contribution is 7.13. The summed E-state index contributed by atoms with van der Waals surface area (Å²) in [6, 6.07) is 13.6. The molecule has 2 aliphatic rings. The van der Waals surface area contributed by atoms with Crippen molar-refractivity contribution in [2.45, 2.75) is 6.42 Å². The number of aromatic nitrogens is 2. The number of nitrogens with one attached hydrogen (secondary N) is 1. The quantitative estimate of drug-likeness (QED) is 0.533. The molecule has 0 atom stereocenters. The van der Waals surface area contributed by atoms with Gasteiger partial charge < -0.3 is 24.3 Å². The van der Waals surface area contributed by atoms with E-state index in [9.17, 15) is 9.59 Å². The zero-order valence-electron chi connectivity index (χ0n) is 20.9. The number of piperazine rings is 2. The number of nitrogens with zero attached hydrogens (tertiary/aromatic N) is 6. The number of carbonyl (C=O) groups is 2. The van der Waals surface area contributed by atoms with Crippen molar-refractivity contribution in [3.05, 3.63) is 59.7 Å². The van der Waals surface area contributed by atoms with Crippen molar-refractivity contribution < 1.29 is 14.3 Å². The molecule has 194 valence electrons. The number of methoxy groups -OCH3 is 1. The zero-order chi connectivity index (χ0) is 25.6. The van der Waals surface area contributed by atoms with Gasteiger partial charge in [0.2, 0.25) is 5.91 Å². The summed E-state index contributed by atoms with van der Waals surface area (Å²) in [7, 11) is 1.67. The maximum atomic E-state index is 12.9. The lowest BCUT2D eigenvalue weighted by Crippen LogP contribution is -2.50. The lowest BCUT2D eigenvalue weighted by molar-refractivity contribution is -0.130. The molecule has 2 fully saturated rings. The number of urea groups is 1. The third kappa shape index (κ3) is 5.93. The topological polar surface area (TPSA) is 94.1 Å². The molecular formula is C26H31N7O3S. The Morgan fingerprint density at radius 1 is 0.919 bits per heavy atom. The molecule has 4 heterocycles. The van der Waals surface area contributed by atoms with Gasteiger partial charge in [-0.05, 0) is 24.3 Å². The van der Waals surface area contributed by atoms with E-state index in [2.05, 4.69) is 25.1 Å². The first-order valence-electron chi connectivity index (χ1n) is 12.4. The smallest absolute Gasteiger partial charge is 0.323 e. The van der Waals surface area contributed by atoms with Crippen LogP contribution in [0.1, 0.15) is 5.69 Å². The Hall–Kier alpha value is -3.86. The number of para-hydroxylation sites is 2. The molecule has 0 radical (unpaired) electrons. The van der Waals surface area contributed by atoms with Crippen LogP contribution in [0.3, 0.4) is 0 Å². The zero-order valence-corrected chi connectivity index (χ0v) is 21.7. The lowest BCUT2D eigenvalue weighted by Gasteiger charge is -2.36. The maximum Gasteiger partial charge on any atom is 0.323 e. The number of benzene rings is 1. The SMILES string of the molecule is COc1ccccc1N1CCN(C(=O)Cc2csc(NC(=O)N3CCN(c4ccccn4)CC3)n2)CC1. The van der Waals surface area contributed by atoms with Gasteiger partial charge in [-0.25, -0.2) is 14.8 Å².